The molecule has 1 unspecified atom stereocenters. The largest absolute Gasteiger partial charge is 0.364 e. The van der Waals surface area contributed by atoms with Gasteiger partial charge in [0.15, 0.2) is 0 Å². The second-order valence-corrected chi connectivity index (χ2v) is 7.26. The van der Waals surface area contributed by atoms with Gasteiger partial charge in [-0.1, -0.05) is 30.4 Å². The highest BCUT2D eigenvalue weighted by Crippen LogP contribution is 2.15. The van der Waals surface area contributed by atoms with Gasteiger partial charge in [0.1, 0.15) is 0 Å². The Morgan fingerprint density at radius 2 is 1.87 bits per heavy atom. The molecule has 1 heterocycles. The Hall–Kier alpha value is -2.66. The van der Waals surface area contributed by atoms with E-state index in [1.54, 1.807) is 6.20 Å². The minimum absolute atomic E-state index is 0.184. The molecule has 0 aliphatic heterocycles. The number of thiocarbonyl (C=S) groups is 1. The van der Waals surface area contributed by atoms with Gasteiger partial charge in [-0.3, -0.25) is 14.6 Å². The summed E-state index contributed by atoms with van der Waals surface area (Å²) in [7, 11) is 0. The number of para-hydroxylation sites is 1. The standard InChI is InChI=1S/C20H29N7O2S/c21-7-9-27(10-8-22)19(30)6-5-16(23)20(29)25-13-18(28)26-15-11-14-3-1-2-4-17(14)24-12-15/h1-4,11-12,16H,5-10,13,21-23H2,(H,25,29)(H,26,28). The number of fused-ring (bicyclic) bond motifs is 1. The van der Waals surface area contributed by atoms with E-state index in [0.717, 1.165) is 10.9 Å². The number of carbonyl (C=O) groups is 2. The predicted octanol–water partition coefficient (Wildman–Crippen LogP) is -0.0562. The average molecular weight is 432 g/mol. The van der Waals surface area contributed by atoms with E-state index < -0.39 is 11.9 Å². The van der Waals surface area contributed by atoms with Crippen molar-refractivity contribution in [2.75, 3.05) is 38.0 Å². The molecule has 2 rings (SSSR count). The van der Waals surface area contributed by atoms with Gasteiger partial charge in [-0.05, 0) is 25.0 Å². The van der Waals surface area contributed by atoms with Gasteiger partial charge >= 0.3 is 0 Å². The molecule has 2 aromatic rings. The molecule has 0 aliphatic rings. The van der Waals surface area contributed by atoms with Crippen LogP contribution in [0, 0.1) is 0 Å². The summed E-state index contributed by atoms with van der Waals surface area (Å²) in [6, 6.07) is 8.64. The van der Waals surface area contributed by atoms with Gasteiger partial charge in [0.2, 0.25) is 11.8 Å². The molecule has 1 aromatic carbocycles. The van der Waals surface area contributed by atoms with Gasteiger partial charge in [0.05, 0.1) is 35.0 Å². The van der Waals surface area contributed by atoms with Crippen molar-refractivity contribution < 1.29 is 9.59 Å². The van der Waals surface area contributed by atoms with Crippen LogP contribution in [0.4, 0.5) is 5.69 Å². The van der Waals surface area contributed by atoms with Crippen LogP contribution in [0.1, 0.15) is 12.8 Å². The number of aromatic nitrogens is 1. The van der Waals surface area contributed by atoms with Crippen LogP contribution in [0.25, 0.3) is 10.9 Å². The first-order valence-electron chi connectivity index (χ1n) is 9.80. The highest BCUT2D eigenvalue weighted by molar-refractivity contribution is 7.80. The minimum atomic E-state index is -0.768. The molecule has 0 saturated carbocycles. The second kappa shape index (κ2) is 12.1. The Kier molecular flexibility index (Phi) is 9.55. The Labute approximate surface area is 181 Å². The van der Waals surface area contributed by atoms with Crippen LogP contribution in [0.3, 0.4) is 0 Å². The van der Waals surface area contributed by atoms with E-state index in [9.17, 15) is 9.59 Å². The number of carbonyl (C=O) groups excluding carboxylic acids is 2. The molecule has 0 fully saturated rings. The van der Waals surface area contributed by atoms with Crippen LogP contribution in [0.5, 0.6) is 0 Å². The SMILES string of the molecule is NCCN(CCN)C(=S)CCC(N)C(=O)NCC(=O)Nc1cnc2ccccc2c1. The van der Waals surface area contributed by atoms with Crippen LogP contribution < -0.4 is 27.8 Å². The lowest BCUT2D eigenvalue weighted by Crippen LogP contribution is -2.44. The van der Waals surface area contributed by atoms with Crippen molar-refractivity contribution in [3.05, 3.63) is 36.5 Å². The second-order valence-electron chi connectivity index (χ2n) is 6.79. The molecule has 8 N–H and O–H groups in total. The van der Waals surface area contributed by atoms with Crippen molar-refractivity contribution in [3.63, 3.8) is 0 Å². The van der Waals surface area contributed by atoms with E-state index >= 15 is 0 Å². The molecule has 1 atom stereocenters. The zero-order chi connectivity index (χ0) is 21.9. The third kappa shape index (κ3) is 7.30. The zero-order valence-corrected chi connectivity index (χ0v) is 17.7. The summed E-state index contributed by atoms with van der Waals surface area (Å²) in [6.45, 7) is 1.97. The first-order chi connectivity index (χ1) is 14.4. The average Bonchev–Trinajstić information content (AvgIpc) is 2.75. The van der Waals surface area contributed by atoms with Crippen molar-refractivity contribution >= 4 is 45.6 Å². The maximum Gasteiger partial charge on any atom is 0.243 e. The molecule has 1 aromatic heterocycles. The number of amides is 2. The van der Waals surface area contributed by atoms with Crippen molar-refractivity contribution in [2.24, 2.45) is 17.2 Å². The van der Waals surface area contributed by atoms with Gasteiger partial charge in [0.25, 0.3) is 0 Å². The van der Waals surface area contributed by atoms with Gasteiger partial charge < -0.3 is 32.7 Å². The van der Waals surface area contributed by atoms with Crippen molar-refractivity contribution in [1.29, 1.82) is 0 Å². The molecule has 0 spiro atoms. The van der Waals surface area contributed by atoms with E-state index in [-0.39, 0.29) is 12.5 Å². The molecule has 162 valence electrons. The summed E-state index contributed by atoms with van der Waals surface area (Å²) in [6.07, 6.45) is 2.41. The number of anilines is 1. The lowest BCUT2D eigenvalue weighted by atomic mass is 10.1. The molecular formula is C20H29N7O2S. The third-order valence-corrected chi connectivity index (χ3v) is 4.92. The minimum Gasteiger partial charge on any atom is -0.364 e. The number of hydrogen-bond acceptors (Lipinski definition) is 7. The van der Waals surface area contributed by atoms with Gasteiger partial charge in [-0.15, -0.1) is 0 Å². The lowest BCUT2D eigenvalue weighted by molar-refractivity contribution is -0.125. The lowest BCUT2D eigenvalue weighted by Gasteiger charge is -2.24. The first-order valence-corrected chi connectivity index (χ1v) is 10.2. The first kappa shape index (κ1) is 23.6. The number of nitrogens with zero attached hydrogens (tertiary/aromatic N) is 2. The molecule has 0 saturated heterocycles. The summed E-state index contributed by atoms with van der Waals surface area (Å²) in [5, 5.41) is 6.18. The van der Waals surface area contributed by atoms with E-state index in [0.29, 0.717) is 49.7 Å². The predicted molar refractivity (Wildman–Crippen MR) is 123 cm³/mol. The van der Waals surface area contributed by atoms with Gasteiger partial charge in [0, 0.05) is 31.6 Å². The Balaban J connectivity index is 1.76. The van der Waals surface area contributed by atoms with Crippen LogP contribution in [-0.4, -0.2) is 65.5 Å². The molecule has 30 heavy (non-hydrogen) atoms. The number of rotatable bonds is 11. The fourth-order valence-electron chi connectivity index (χ4n) is 2.88. The quantitative estimate of drug-likeness (QED) is 0.310. The molecular weight excluding hydrogens is 402 g/mol. The fourth-order valence-corrected chi connectivity index (χ4v) is 3.18. The monoisotopic (exact) mass is 431 g/mol. The highest BCUT2D eigenvalue weighted by Gasteiger charge is 2.17. The number of nitrogens with one attached hydrogen (secondary N) is 2. The third-order valence-electron chi connectivity index (χ3n) is 4.45. The fraction of sp³-hybridized carbons (Fsp3) is 0.400. The van der Waals surface area contributed by atoms with E-state index in [4.69, 9.17) is 29.4 Å². The number of nitrogens with two attached hydrogens (primary N) is 3. The van der Waals surface area contributed by atoms with Crippen LogP contribution in [0.15, 0.2) is 36.5 Å². The van der Waals surface area contributed by atoms with Crippen LogP contribution in [0.2, 0.25) is 0 Å². The van der Waals surface area contributed by atoms with Crippen molar-refractivity contribution in [2.45, 2.75) is 18.9 Å². The van der Waals surface area contributed by atoms with Crippen LogP contribution >= 0.6 is 12.2 Å². The van der Waals surface area contributed by atoms with Crippen molar-refractivity contribution in [1.82, 2.24) is 15.2 Å². The Bertz CT molecular complexity index is 871. The molecule has 0 aliphatic carbocycles. The smallest absolute Gasteiger partial charge is 0.243 e. The molecule has 9 nitrogen and oxygen atoms in total. The zero-order valence-electron chi connectivity index (χ0n) is 16.8. The summed E-state index contributed by atoms with van der Waals surface area (Å²) >= 11 is 5.38. The molecule has 2 amide bonds. The molecule has 0 bridgehead atoms. The van der Waals surface area contributed by atoms with E-state index in [2.05, 4.69) is 15.6 Å². The summed E-state index contributed by atoms with van der Waals surface area (Å²) in [5.41, 5.74) is 18.5. The van der Waals surface area contributed by atoms with E-state index in [1.807, 2.05) is 35.2 Å². The van der Waals surface area contributed by atoms with E-state index in [1.165, 1.54) is 0 Å². The summed E-state index contributed by atoms with van der Waals surface area (Å²) in [5.74, 6) is -0.769. The molecule has 10 heteroatoms. The van der Waals surface area contributed by atoms with Gasteiger partial charge in [-0.25, -0.2) is 0 Å². The van der Waals surface area contributed by atoms with Crippen LogP contribution in [-0.2, 0) is 9.59 Å². The number of pyridine rings is 1. The maximum atomic E-state index is 12.2. The maximum absolute atomic E-state index is 12.2. The Morgan fingerprint density at radius 3 is 2.57 bits per heavy atom. The van der Waals surface area contributed by atoms with Gasteiger partial charge in [-0.2, -0.15) is 0 Å². The molecule has 0 radical (unpaired) electrons. The topological polar surface area (TPSA) is 152 Å². The Morgan fingerprint density at radius 1 is 1.17 bits per heavy atom. The highest BCUT2D eigenvalue weighted by atomic mass is 32.1. The van der Waals surface area contributed by atoms with Crippen molar-refractivity contribution in [3.8, 4) is 0 Å². The summed E-state index contributed by atoms with van der Waals surface area (Å²) < 4.78 is 0. The number of hydrogen-bond donors (Lipinski definition) is 5. The normalized spacial score (nSPS) is 11.7. The summed E-state index contributed by atoms with van der Waals surface area (Å²) in [4.78, 5) is 31.2. The number of benzene rings is 1.